The Kier molecular flexibility index (Phi) is 6.30. The second kappa shape index (κ2) is 7.50. The standard InChI is InChI=1S/C15H28N2O3/c1-11(13(18)19)7-6-8-12(2)16-14(20)17-15(3)9-4-5-10-15/h11-12H,4-10H2,1-3H3,(H,18,19)(H2,16,17,20). The minimum Gasteiger partial charge on any atom is -0.481 e. The fourth-order valence-electron chi connectivity index (χ4n) is 2.74. The van der Waals surface area contributed by atoms with Crippen LogP contribution in [-0.2, 0) is 4.79 Å². The first-order valence-electron chi connectivity index (χ1n) is 7.64. The van der Waals surface area contributed by atoms with Gasteiger partial charge in [-0.05, 0) is 39.5 Å². The fourth-order valence-corrected chi connectivity index (χ4v) is 2.74. The summed E-state index contributed by atoms with van der Waals surface area (Å²) in [5.74, 6) is -1.06. The Morgan fingerprint density at radius 3 is 2.35 bits per heavy atom. The molecule has 0 heterocycles. The first-order chi connectivity index (χ1) is 9.32. The number of carbonyl (C=O) groups is 2. The Labute approximate surface area is 121 Å². The van der Waals surface area contributed by atoms with Gasteiger partial charge in [-0.2, -0.15) is 0 Å². The molecular formula is C15H28N2O3. The van der Waals surface area contributed by atoms with Crippen LogP contribution in [0.1, 0.15) is 65.7 Å². The zero-order valence-electron chi connectivity index (χ0n) is 12.9. The van der Waals surface area contributed by atoms with Gasteiger partial charge in [0.1, 0.15) is 0 Å². The molecule has 0 aromatic rings. The second-order valence-corrected chi connectivity index (χ2v) is 6.44. The van der Waals surface area contributed by atoms with E-state index >= 15 is 0 Å². The highest BCUT2D eigenvalue weighted by Crippen LogP contribution is 2.28. The van der Waals surface area contributed by atoms with Gasteiger partial charge in [0.25, 0.3) is 0 Å². The van der Waals surface area contributed by atoms with Crippen LogP contribution in [0.4, 0.5) is 4.79 Å². The zero-order valence-corrected chi connectivity index (χ0v) is 12.9. The normalized spacial score (nSPS) is 20.1. The van der Waals surface area contributed by atoms with E-state index in [2.05, 4.69) is 17.6 Å². The SMILES string of the molecule is CC(CCCC(C)C(=O)O)NC(=O)NC1(C)CCCC1. The van der Waals surface area contributed by atoms with E-state index in [0.717, 1.165) is 25.7 Å². The van der Waals surface area contributed by atoms with E-state index < -0.39 is 5.97 Å². The van der Waals surface area contributed by atoms with Crippen LogP contribution in [0.5, 0.6) is 0 Å². The van der Waals surface area contributed by atoms with Gasteiger partial charge in [-0.15, -0.1) is 0 Å². The smallest absolute Gasteiger partial charge is 0.315 e. The van der Waals surface area contributed by atoms with Crippen LogP contribution in [0.2, 0.25) is 0 Å². The van der Waals surface area contributed by atoms with Crippen molar-refractivity contribution in [2.24, 2.45) is 5.92 Å². The Morgan fingerprint density at radius 1 is 1.20 bits per heavy atom. The molecule has 5 heteroatoms. The third kappa shape index (κ3) is 5.80. The molecule has 0 aliphatic heterocycles. The molecule has 0 saturated heterocycles. The van der Waals surface area contributed by atoms with Gasteiger partial charge in [-0.1, -0.05) is 26.2 Å². The first-order valence-corrected chi connectivity index (χ1v) is 7.64. The van der Waals surface area contributed by atoms with Gasteiger partial charge in [0.2, 0.25) is 0 Å². The Morgan fingerprint density at radius 2 is 1.80 bits per heavy atom. The number of carbonyl (C=O) groups excluding carboxylic acids is 1. The van der Waals surface area contributed by atoms with Crippen LogP contribution in [0, 0.1) is 5.92 Å². The average Bonchev–Trinajstić information content (AvgIpc) is 2.74. The van der Waals surface area contributed by atoms with Crippen LogP contribution >= 0.6 is 0 Å². The number of carboxylic acid groups (broad SMARTS) is 1. The Hall–Kier alpha value is -1.26. The van der Waals surface area contributed by atoms with Gasteiger partial charge < -0.3 is 15.7 Å². The van der Waals surface area contributed by atoms with Crippen LogP contribution < -0.4 is 10.6 Å². The van der Waals surface area contributed by atoms with Crippen molar-refractivity contribution in [3.63, 3.8) is 0 Å². The monoisotopic (exact) mass is 284 g/mol. The molecule has 2 unspecified atom stereocenters. The summed E-state index contributed by atoms with van der Waals surface area (Å²) in [5.41, 5.74) is -0.0539. The molecule has 0 aromatic heterocycles. The summed E-state index contributed by atoms with van der Waals surface area (Å²) in [6, 6.07) is -0.0332. The number of aliphatic carboxylic acids is 1. The minimum atomic E-state index is -0.752. The highest BCUT2D eigenvalue weighted by atomic mass is 16.4. The summed E-state index contributed by atoms with van der Waals surface area (Å²) in [4.78, 5) is 22.6. The Bertz CT molecular complexity index is 338. The van der Waals surface area contributed by atoms with Gasteiger partial charge in [0, 0.05) is 11.6 Å². The maximum Gasteiger partial charge on any atom is 0.315 e. The molecule has 0 radical (unpaired) electrons. The number of urea groups is 1. The molecule has 1 fully saturated rings. The predicted molar refractivity (Wildman–Crippen MR) is 78.7 cm³/mol. The summed E-state index contributed by atoms with van der Waals surface area (Å²) in [5, 5.41) is 14.8. The largest absolute Gasteiger partial charge is 0.481 e. The molecule has 3 N–H and O–H groups in total. The molecule has 1 rings (SSSR count). The molecule has 1 saturated carbocycles. The van der Waals surface area contributed by atoms with Crippen LogP contribution in [-0.4, -0.2) is 28.7 Å². The van der Waals surface area contributed by atoms with Crippen LogP contribution in [0.25, 0.3) is 0 Å². The molecular weight excluding hydrogens is 256 g/mol. The van der Waals surface area contributed by atoms with Gasteiger partial charge in [0.15, 0.2) is 0 Å². The van der Waals surface area contributed by atoms with E-state index in [9.17, 15) is 9.59 Å². The van der Waals surface area contributed by atoms with E-state index in [-0.39, 0.29) is 23.5 Å². The topological polar surface area (TPSA) is 78.4 Å². The van der Waals surface area contributed by atoms with Crippen LogP contribution in [0.15, 0.2) is 0 Å². The number of rotatable bonds is 7. The maximum atomic E-state index is 11.9. The molecule has 2 amide bonds. The predicted octanol–water partition coefficient (Wildman–Crippen LogP) is 2.90. The van der Waals surface area contributed by atoms with E-state index in [4.69, 9.17) is 5.11 Å². The van der Waals surface area contributed by atoms with Crippen molar-refractivity contribution in [3.8, 4) is 0 Å². The lowest BCUT2D eigenvalue weighted by Crippen LogP contribution is -2.50. The molecule has 0 bridgehead atoms. The molecule has 1 aliphatic carbocycles. The van der Waals surface area contributed by atoms with Crippen molar-refractivity contribution < 1.29 is 14.7 Å². The summed E-state index contributed by atoms with van der Waals surface area (Å²) in [6.07, 6.45) is 6.73. The average molecular weight is 284 g/mol. The van der Waals surface area contributed by atoms with Gasteiger partial charge in [0.05, 0.1) is 5.92 Å². The van der Waals surface area contributed by atoms with Crippen molar-refractivity contribution in [2.75, 3.05) is 0 Å². The summed E-state index contributed by atoms with van der Waals surface area (Å²) < 4.78 is 0. The molecule has 20 heavy (non-hydrogen) atoms. The third-order valence-corrected chi connectivity index (χ3v) is 4.20. The number of carboxylic acids is 1. The van der Waals surface area contributed by atoms with Gasteiger partial charge >= 0.3 is 12.0 Å². The number of hydrogen-bond acceptors (Lipinski definition) is 2. The summed E-state index contributed by atoms with van der Waals surface area (Å²) in [7, 11) is 0. The lowest BCUT2D eigenvalue weighted by atomic mass is 10.0. The third-order valence-electron chi connectivity index (χ3n) is 4.20. The second-order valence-electron chi connectivity index (χ2n) is 6.44. The molecule has 5 nitrogen and oxygen atoms in total. The van der Waals surface area contributed by atoms with E-state index in [0.29, 0.717) is 6.42 Å². The zero-order chi connectivity index (χ0) is 15.2. The highest BCUT2D eigenvalue weighted by Gasteiger charge is 2.30. The van der Waals surface area contributed by atoms with Crippen molar-refractivity contribution in [2.45, 2.75) is 77.3 Å². The van der Waals surface area contributed by atoms with Gasteiger partial charge in [-0.25, -0.2) is 4.79 Å². The van der Waals surface area contributed by atoms with Crippen molar-refractivity contribution in [3.05, 3.63) is 0 Å². The molecule has 0 aromatic carbocycles. The lowest BCUT2D eigenvalue weighted by Gasteiger charge is -2.26. The molecule has 1 aliphatic rings. The van der Waals surface area contributed by atoms with Crippen molar-refractivity contribution in [1.82, 2.24) is 10.6 Å². The lowest BCUT2D eigenvalue weighted by molar-refractivity contribution is -0.141. The molecule has 116 valence electrons. The van der Waals surface area contributed by atoms with Crippen LogP contribution in [0.3, 0.4) is 0 Å². The molecule has 2 atom stereocenters. The first kappa shape index (κ1) is 16.8. The summed E-state index contributed by atoms with van der Waals surface area (Å²) in [6.45, 7) is 5.77. The van der Waals surface area contributed by atoms with E-state index in [1.807, 2.05) is 6.92 Å². The van der Waals surface area contributed by atoms with Crippen molar-refractivity contribution in [1.29, 1.82) is 0 Å². The number of amides is 2. The van der Waals surface area contributed by atoms with E-state index in [1.54, 1.807) is 6.92 Å². The maximum absolute atomic E-state index is 11.9. The minimum absolute atomic E-state index is 0.0539. The van der Waals surface area contributed by atoms with Crippen molar-refractivity contribution >= 4 is 12.0 Å². The summed E-state index contributed by atoms with van der Waals surface area (Å²) >= 11 is 0. The number of hydrogen-bond donors (Lipinski definition) is 3. The Balaban J connectivity index is 2.19. The van der Waals surface area contributed by atoms with E-state index in [1.165, 1.54) is 12.8 Å². The fraction of sp³-hybridized carbons (Fsp3) is 0.867. The number of nitrogens with one attached hydrogen (secondary N) is 2. The molecule has 0 spiro atoms. The highest BCUT2D eigenvalue weighted by molar-refractivity contribution is 5.75. The quantitative estimate of drug-likeness (QED) is 0.672. The van der Waals surface area contributed by atoms with Gasteiger partial charge in [-0.3, -0.25) is 4.79 Å².